The second-order valence-corrected chi connectivity index (χ2v) is 6.82. The van der Waals surface area contributed by atoms with Crippen molar-refractivity contribution in [1.29, 1.82) is 0 Å². The monoisotopic (exact) mass is 408 g/mol. The van der Waals surface area contributed by atoms with E-state index in [9.17, 15) is 9.59 Å². The molecule has 0 aliphatic carbocycles. The first kappa shape index (κ1) is 21.1. The smallest absolute Gasteiger partial charge is 0.246 e. The third-order valence-corrected chi connectivity index (χ3v) is 4.45. The number of hydrogen-bond acceptors (Lipinski definition) is 6. The molecule has 1 atom stereocenters. The molecule has 1 aromatic heterocycles. The van der Waals surface area contributed by atoms with Crippen LogP contribution in [0.25, 0.3) is 0 Å². The average molecular weight is 408 g/mol. The number of anilines is 2. The molecule has 0 bridgehead atoms. The molecule has 1 unspecified atom stereocenters. The Kier molecular flexibility index (Phi) is 6.82. The summed E-state index contributed by atoms with van der Waals surface area (Å²) in [5.41, 5.74) is 1.41. The van der Waals surface area contributed by atoms with Crippen molar-refractivity contribution in [3.8, 4) is 5.75 Å². The van der Waals surface area contributed by atoms with Crippen molar-refractivity contribution < 1.29 is 18.8 Å². The van der Waals surface area contributed by atoms with Crippen LogP contribution in [-0.4, -0.2) is 42.6 Å². The Morgan fingerprint density at radius 3 is 2.40 bits per heavy atom. The maximum absolute atomic E-state index is 13.1. The van der Waals surface area contributed by atoms with Crippen molar-refractivity contribution in [1.82, 2.24) is 10.1 Å². The second-order valence-electron chi connectivity index (χ2n) is 6.82. The molecule has 0 aliphatic heterocycles. The van der Waals surface area contributed by atoms with E-state index >= 15 is 0 Å². The van der Waals surface area contributed by atoms with Crippen LogP contribution in [0.5, 0.6) is 5.75 Å². The number of carbonyl (C=O) groups excluding carboxylic acids is 2. The molecular formula is C22H24N4O4. The van der Waals surface area contributed by atoms with Gasteiger partial charge in [-0.1, -0.05) is 35.5 Å². The number of hydrogen-bond donors (Lipinski definition) is 2. The van der Waals surface area contributed by atoms with Crippen molar-refractivity contribution >= 4 is 23.3 Å². The fourth-order valence-corrected chi connectivity index (χ4v) is 3.05. The Morgan fingerprint density at radius 1 is 1.10 bits per heavy atom. The molecule has 0 saturated heterocycles. The van der Waals surface area contributed by atoms with E-state index in [0.29, 0.717) is 23.0 Å². The van der Waals surface area contributed by atoms with E-state index in [1.807, 2.05) is 30.3 Å². The lowest BCUT2D eigenvalue weighted by atomic mass is 10.0. The molecular weight excluding hydrogens is 384 g/mol. The Bertz CT molecular complexity index is 986. The molecule has 30 heavy (non-hydrogen) atoms. The third-order valence-electron chi connectivity index (χ3n) is 4.45. The molecule has 2 aromatic carbocycles. The first-order valence-electron chi connectivity index (χ1n) is 9.39. The summed E-state index contributed by atoms with van der Waals surface area (Å²) in [6.07, 6.45) is 0. The van der Waals surface area contributed by atoms with Crippen LogP contribution in [0.1, 0.15) is 17.4 Å². The van der Waals surface area contributed by atoms with Crippen molar-refractivity contribution in [2.75, 3.05) is 31.3 Å². The number of amides is 2. The Balaban J connectivity index is 1.74. The van der Waals surface area contributed by atoms with E-state index in [4.69, 9.17) is 9.26 Å². The van der Waals surface area contributed by atoms with Crippen molar-refractivity contribution in [2.45, 2.75) is 13.0 Å². The largest absolute Gasteiger partial charge is 0.497 e. The zero-order chi connectivity index (χ0) is 21.5. The molecule has 3 rings (SSSR count). The van der Waals surface area contributed by atoms with Crippen LogP contribution in [0, 0.1) is 6.92 Å². The maximum atomic E-state index is 13.1. The molecule has 8 heteroatoms. The molecule has 0 fully saturated rings. The lowest BCUT2D eigenvalue weighted by molar-refractivity contribution is -0.123. The summed E-state index contributed by atoms with van der Waals surface area (Å²) in [5.74, 6) is 1.08. The van der Waals surface area contributed by atoms with Crippen molar-refractivity contribution in [3.63, 3.8) is 0 Å². The summed E-state index contributed by atoms with van der Waals surface area (Å²) < 4.78 is 10.1. The van der Waals surface area contributed by atoms with Gasteiger partial charge in [-0.25, -0.2) is 0 Å². The number of aromatic nitrogens is 1. The molecule has 0 saturated carbocycles. The minimum atomic E-state index is -0.668. The number of ether oxygens (including phenoxy) is 1. The van der Waals surface area contributed by atoms with Gasteiger partial charge in [0.2, 0.25) is 11.8 Å². The lowest BCUT2D eigenvalue weighted by Crippen LogP contribution is -2.39. The van der Waals surface area contributed by atoms with Gasteiger partial charge in [0, 0.05) is 11.8 Å². The standard InChI is InChI=1S/C22H24N4O4/c1-15-13-19(25-30-15)24-20(27)14-26(2)21(16-7-5-4-6-8-16)22(28)23-17-9-11-18(29-3)12-10-17/h4-13,21H,14H2,1-3H3,(H,23,28)(H,24,25,27). The molecule has 2 amide bonds. The summed E-state index contributed by atoms with van der Waals surface area (Å²) in [6.45, 7) is 1.73. The zero-order valence-corrected chi connectivity index (χ0v) is 17.1. The number of carbonyl (C=O) groups is 2. The number of rotatable bonds is 8. The van der Waals surface area contributed by atoms with Crippen LogP contribution < -0.4 is 15.4 Å². The highest BCUT2D eigenvalue weighted by Crippen LogP contribution is 2.23. The van der Waals surface area contributed by atoms with Crippen LogP contribution in [-0.2, 0) is 9.59 Å². The number of nitrogens with one attached hydrogen (secondary N) is 2. The first-order valence-corrected chi connectivity index (χ1v) is 9.39. The Labute approximate surface area is 174 Å². The van der Waals surface area contributed by atoms with Gasteiger partial charge in [-0.15, -0.1) is 0 Å². The van der Waals surface area contributed by atoms with E-state index in [-0.39, 0.29) is 18.4 Å². The van der Waals surface area contributed by atoms with Crippen LogP contribution in [0.4, 0.5) is 11.5 Å². The summed E-state index contributed by atoms with van der Waals surface area (Å²) >= 11 is 0. The van der Waals surface area contributed by atoms with E-state index in [1.54, 1.807) is 56.3 Å². The van der Waals surface area contributed by atoms with Gasteiger partial charge < -0.3 is 19.9 Å². The van der Waals surface area contributed by atoms with Gasteiger partial charge in [0.1, 0.15) is 17.6 Å². The van der Waals surface area contributed by atoms with Crippen LogP contribution in [0.3, 0.4) is 0 Å². The van der Waals surface area contributed by atoms with Gasteiger partial charge in [-0.05, 0) is 43.8 Å². The van der Waals surface area contributed by atoms with Crippen molar-refractivity contribution in [2.24, 2.45) is 0 Å². The van der Waals surface area contributed by atoms with E-state index in [1.165, 1.54) is 0 Å². The fourth-order valence-electron chi connectivity index (χ4n) is 3.05. The topological polar surface area (TPSA) is 96.7 Å². The quantitative estimate of drug-likeness (QED) is 0.594. The molecule has 3 aromatic rings. The van der Waals surface area contributed by atoms with Crippen LogP contribution in [0.15, 0.2) is 65.2 Å². The number of aryl methyl sites for hydroxylation is 1. The van der Waals surface area contributed by atoms with Gasteiger partial charge in [0.15, 0.2) is 5.82 Å². The van der Waals surface area contributed by atoms with Gasteiger partial charge in [-0.3, -0.25) is 14.5 Å². The van der Waals surface area contributed by atoms with E-state index in [0.717, 1.165) is 5.56 Å². The van der Waals surface area contributed by atoms with Gasteiger partial charge in [0.05, 0.1) is 13.7 Å². The molecule has 1 heterocycles. The molecule has 2 N–H and O–H groups in total. The summed E-state index contributed by atoms with van der Waals surface area (Å²) in [5, 5.41) is 9.33. The van der Waals surface area contributed by atoms with Crippen molar-refractivity contribution in [3.05, 3.63) is 72.0 Å². The zero-order valence-electron chi connectivity index (χ0n) is 17.1. The highest BCUT2D eigenvalue weighted by molar-refractivity contribution is 5.96. The van der Waals surface area contributed by atoms with E-state index in [2.05, 4.69) is 15.8 Å². The third kappa shape index (κ3) is 5.45. The predicted octanol–water partition coefficient (Wildman–Crippen LogP) is 3.24. The summed E-state index contributed by atoms with van der Waals surface area (Å²) in [7, 11) is 3.30. The highest BCUT2D eigenvalue weighted by Gasteiger charge is 2.27. The van der Waals surface area contributed by atoms with Crippen LogP contribution in [0.2, 0.25) is 0 Å². The minimum absolute atomic E-state index is 0.0124. The number of nitrogens with zero attached hydrogens (tertiary/aromatic N) is 2. The summed E-state index contributed by atoms with van der Waals surface area (Å²) in [6, 6.07) is 17.3. The van der Waals surface area contributed by atoms with Crippen LogP contribution >= 0.6 is 0 Å². The normalized spacial score (nSPS) is 11.7. The van der Waals surface area contributed by atoms with E-state index < -0.39 is 6.04 Å². The number of benzene rings is 2. The SMILES string of the molecule is COc1ccc(NC(=O)C(c2ccccc2)N(C)CC(=O)Nc2cc(C)on2)cc1. The van der Waals surface area contributed by atoms with Gasteiger partial charge >= 0.3 is 0 Å². The number of methoxy groups -OCH3 is 1. The fraction of sp³-hybridized carbons (Fsp3) is 0.227. The maximum Gasteiger partial charge on any atom is 0.246 e. The molecule has 0 radical (unpaired) electrons. The van der Waals surface area contributed by atoms with Gasteiger partial charge in [0.25, 0.3) is 0 Å². The predicted molar refractivity (Wildman–Crippen MR) is 113 cm³/mol. The highest BCUT2D eigenvalue weighted by atomic mass is 16.5. The average Bonchev–Trinajstić information content (AvgIpc) is 3.13. The Hall–Kier alpha value is -3.65. The molecule has 156 valence electrons. The summed E-state index contributed by atoms with van der Waals surface area (Å²) in [4.78, 5) is 27.2. The lowest BCUT2D eigenvalue weighted by Gasteiger charge is -2.27. The molecule has 0 aliphatic rings. The minimum Gasteiger partial charge on any atom is -0.497 e. The Morgan fingerprint density at radius 2 is 1.80 bits per heavy atom. The first-order chi connectivity index (χ1) is 14.5. The van der Waals surface area contributed by atoms with Gasteiger partial charge in [-0.2, -0.15) is 0 Å². The molecule has 0 spiro atoms. The molecule has 8 nitrogen and oxygen atoms in total. The number of likely N-dealkylation sites (N-methyl/N-ethyl adjacent to an activating group) is 1. The second kappa shape index (κ2) is 9.71.